The number of pyridine rings is 2. The fraction of sp³-hybridized carbons (Fsp3) is 0.450. The SMILES string of the molecule is CCNSNc1cc(CN2CCN(c3ccc(C(=O)NC)c(=O)n3C)CC2)ccn1. The molecular weight excluding hydrogens is 402 g/mol. The van der Waals surface area contributed by atoms with Crippen LogP contribution in [0.3, 0.4) is 0 Å². The molecule has 162 valence electrons. The molecule has 3 heterocycles. The van der Waals surface area contributed by atoms with Gasteiger partial charge in [-0.3, -0.25) is 19.1 Å². The normalized spacial score (nSPS) is 14.6. The summed E-state index contributed by atoms with van der Waals surface area (Å²) in [6.45, 7) is 7.20. The first-order chi connectivity index (χ1) is 14.5. The van der Waals surface area contributed by atoms with Gasteiger partial charge in [0.05, 0.1) is 0 Å². The van der Waals surface area contributed by atoms with Crippen molar-refractivity contribution in [2.24, 2.45) is 7.05 Å². The summed E-state index contributed by atoms with van der Waals surface area (Å²) in [6.07, 6.45) is 1.82. The monoisotopic (exact) mass is 431 g/mol. The van der Waals surface area contributed by atoms with Crippen LogP contribution in [0.4, 0.5) is 11.6 Å². The van der Waals surface area contributed by atoms with Crippen molar-refractivity contribution in [3.63, 3.8) is 0 Å². The van der Waals surface area contributed by atoms with E-state index in [1.54, 1.807) is 17.7 Å². The molecule has 9 nitrogen and oxygen atoms in total. The molecule has 1 aliphatic heterocycles. The van der Waals surface area contributed by atoms with Gasteiger partial charge in [-0.1, -0.05) is 6.92 Å². The first kappa shape index (κ1) is 22.1. The van der Waals surface area contributed by atoms with Crippen LogP contribution in [-0.2, 0) is 13.6 Å². The molecule has 30 heavy (non-hydrogen) atoms. The standard InChI is InChI=1S/C20H29N7O2S/c1-4-23-30-24-17-13-15(7-8-22-17)14-26-9-11-27(12-10-26)18-6-5-16(19(28)21-2)20(29)25(18)3/h5-8,13,23H,4,9-12,14H2,1-3H3,(H,21,28)(H,22,24). The first-order valence-electron chi connectivity index (χ1n) is 10.0. The number of nitrogens with zero attached hydrogens (tertiary/aromatic N) is 4. The van der Waals surface area contributed by atoms with Gasteiger partial charge in [0.25, 0.3) is 11.5 Å². The van der Waals surface area contributed by atoms with Gasteiger partial charge in [-0.05, 0) is 29.8 Å². The topological polar surface area (TPSA) is 94.5 Å². The van der Waals surface area contributed by atoms with Crippen LogP contribution in [0.1, 0.15) is 22.8 Å². The zero-order valence-corrected chi connectivity index (χ0v) is 18.5. The van der Waals surface area contributed by atoms with Gasteiger partial charge in [0.2, 0.25) is 0 Å². The van der Waals surface area contributed by atoms with Crippen molar-refractivity contribution in [3.05, 3.63) is 51.9 Å². The Morgan fingerprint density at radius 3 is 2.67 bits per heavy atom. The maximum Gasteiger partial charge on any atom is 0.264 e. The van der Waals surface area contributed by atoms with Crippen LogP contribution in [-0.4, -0.2) is 60.1 Å². The van der Waals surface area contributed by atoms with E-state index in [1.807, 2.05) is 25.3 Å². The molecule has 0 aromatic carbocycles. The maximum absolute atomic E-state index is 12.5. The van der Waals surface area contributed by atoms with E-state index in [1.165, 1.54) is 24.7 Å². The van der Waals surface area contributed by atoms with E-state index in [0.717, 1.165) is 50.9 Å². The Bertz CT molecular complexity index is 926. The molecule has 2 aromatic heterocycles. The molecule has 0 unspecified atom stereocenters. The molecule has 2 aromatic rings. The summed E-state index contributed by atoms with van der Waals surface area (Å²) in [4.78, 5) is 33.3. The zero-order valence-electron chi connectivity index (χ0n) is 17.6. The number of carbonyl (C=O) groups is 1. The minimum absolute atomic E-state index is 0.164. The second-order valence-corrected chi connectivity index (χ2v) is 7.76. The number of hydrogen-bond acceptors (Lipinski definition) is 8. The molecule has 0 aliphatic carbocycles. The Labute approximate surface area is 181 Å². The molecule has 0 radical (unpaired) electrons. The van der Waals surface area contributed by atoms with Crippen LogP contribution >= 0.6 is 12.1 Å². The fourth-order valence-electron chi connectivity index (χ4n) is 3.43. The fourth-order valence-corrected chi connectivity index (χ4v) is 3.87. The Morgan fingerprint density at radius 2 is 1.97 bits per heavy atom. The lowest BCUT2D eigenvalue weighted by Gasteiger charge is -2.36. The van der Waals surface area contributed by atoms with E-state index in [2.05, 4.69) is 35.6 Å². The number of amides is 1. The van der Waals surface area contributed by atoms with Gasteiger partial charge in [-0.15, -0.1) is 0 Å². The quantitative estimate of drug-likeness (QED) is 0.422. The van der Waals surface area contributed by atoms with Crippen LogP contribution < -0.4 is 25.2 Å². The van der Waals surface area contributed by atoms with Gasteiger partial charge in [-0.25, -0.2) is 9.71 Å². The van der Waals surface area contributed by atoms with E-state index >= 15 is 0 Å². The largest absolute Gasteiger partial charge is 0.355 e. The highest BCUT2D eigenvalue weighted by molar-refractivity contribution is 7.98. The Kier molecular flexibility index (Phi) is 7.72. The van der Waals surface area contributed by atoms with Crippen molar-refractivity contribution in [2.45, 2.75) is 13.5 Å². The number of anilines is 2. The van der Waals surface area contributed by atoms with Crippen LogP contribution in [0.2, 0.25) is 0 Å². The second-order valence-electron chi connectivity index (χ2n) is 7.06. The van der Waals surface area contributed by atoms with Gasteiger partial charge >= 0.3 is 0 Å². The van der Waals surface area contributed by atoms with E-state index in [4.69, 9.17) is 0 Å². The highest BCUT2D eigenvalue weighted by atomic mass is 32.2. The highest BCUT2D eigenvalue weighted by Crippen LogP contribution is 2.17. The smallest absolute Gasteiger partial charge is 0.264 e. The number of aromatic nitrogens is 2. The van der Waals surface area contributed by atoms with E-state index in [9.17, 15) is 9.59 Å². The lowest BCUT2D eigenvalue weighted by atomic mass is 10.2. The van der Waals surface area contributed by atoms with Crippen LogP contribution in [0.5, 0.6) is 0 Å². The summed E-state index contributed by atoms with van der Waals surface area (Å²) in [5, 5.41) is 2.51. The molecular formula is C20H29N7O2S. The molecule has 1 aliphatic rings. The number of hydrogen-bond donors (Lipinski definition) is 3. The highest BCUT2D eigenvalue weighted by Gasteiger charge is 2.21. The summed E-state index contributed by atoms with van der Waals surface area (Å²) in [5.41, 5.74) is 1.10. The van der Waals surface area contributed by atoms with Crippen molar-refractivity contribution in [3.8, 4) is 0 Å². The lowest BCUT2D eigenvalue weighted by Crippen LogP contribution is -2.47. The third-order valence-corrected chi connectivity index (χ3v) is 5.79. The van der Waals surface area contributed by atoms with Crippen molar-refractivity contribution in [2.75, 3.05) is 49.4 Å². The van der Waals surface area contributed by atoms with E-state index < -0.39 is 0 Å². The van der Waals surface area contributed by atoms with Crippen LogP contribution in [0, 0.1) is 0 Å². The van der Waals surface area contributed by atoms with Gasteiger partial charge < -0.3 is 14.9 Å². The van der Waals surface area contributed by atoms with Crippen molar-refractivity contribution < 1.29 is 4.79 Å². The van der Waals surface area contributed by atoms with Gasteiger partial charge in [0, 0.05) is 71.7 Å². The van der Waals surface area contributed by atoms with Crippen LogP contribution in [0.15, 0.2) is 35.3 Å². The van der Waals surface area contributed by atoms with Gasteiger partial charge in [0.1, 0.15) is 17.2 Å². The summed E-state index contributed by atoms with van der Waals surface area (Å²) in [5.74, 6) is 1.31. The van der Waals surface area contributed by atoms with E-state index in [-0.39, 0.29) is 17.0 Å². The van der Waals surface area contributed by atoms with Gasteiger partial charge in [0.15, 0.2) is 0 Å². The molecule has 10 heteroatoms. The summed E-state index contributed by atoms with van der Waals surface area (Å²) in [7, 11) is 3.24. The van der Waals surface area contributed by atoms with E-state index in [0.29, 0.717) is 0 Å². The first-order valence-corrected chi connectivity index (χ1v) is 10.8. The predicted molar refractivity (Wildman–Crippen MR) is 122 cm³/mol. The summed E-state index contributed by atoms with van der Waals surface area (Å²) >= 11 is 1.43. The lowest BCUT2D eigenvalue weighted by molar-refractivity contribution is 0.0961. The Morgan fingerprint density at radius 1 is 1.20 bits per heavy atom. The summed E-state index contributed by atoms with van der Waals surface area (Å²) < 4.78 is 7.89. The average molecular weight is 432 g/mol. The average Bonchev–Trinajstić information content (AvgIpc) is 2.76. The maximum atomic E-state index is 12.5. The Hall–Kier alpha value is -2.56. The molecule has 1 fully saturated rings. The van der Waals surface area contributed by atoms with Gasteiger partial charge in [-0.2, -0.15) is 0 Å². The molecule has 0 saturated carbocycles. The van der Waals surface area contributed by atoms with Crippen molar-refractivity contribution >= 4 is 29.7 Å². The molecule has 0 spiro atoms. The number of carbonyl (C=O) groups excluding carboxylic acids is 1. The summed E-state index contributed by atoms with van der Waals surface area (Å²) in [6, 6.07) is 7.57. The molecule has 1 amide bonds. The molecule has 3 rings (SSSR count). The third kappa shape index (κ3) is 5.32. The number of nitrogens with one attached hydrogen (secondary N) is 3. The van der Waals surface area contributed by atoms with Crippen molar-refractivity contribution in [1.82, 2.24) is 24.5 Å². The number of piperazine rings is 1. The Balaban J connectivity index is 1.59. The predicted octanol–water partition coefficient (Wildman–Crippen LogP) is 1.05. The zero-order chi connectivity index (χ0) is 21.5. The molecule has 1 saturated heterocycles. The minimum Gasteiger partial charge on any atom is -0.355 e. The minimum atomic E-state index is -0.359. The third-order valence-electron chi connectivity index (χ3n) is 5.05. The second kappa shape index (κ2) is 10.5. The molecule has 3 N–H and O–H groups in total. The van der Waals surface area contributed by atoms with Crippen LogP contribution in [0.25, 0.3) is 0 Å². The van der Waals surface area contributed by atoms with Crippen molar-refractivity contribution in [1.29, 1.82) is 0 Å². The number of rotatable bonds is 8. The molecule has 0 bridgehead atoms. The molecule has 0 atom stereocenters.